The molecule has 5 rings (SSSR count). The molecular formula is C29H42N2O10S. The first kappa shape index (κ1) is 31.1. The molecule has 5 N–H and O–H groups in total. The lowest BCUT2D eigenvalue weighted by Crippen LogP contribution is -2.60. The van der Waals surface area contributed by atoms with Crippen LogP contribution in [0.2, 0.25) is 0 Å². The number of fused-ring (bicyclic) bond motifs is 1. The van der Waals surface area contributed by atoms with Gasteiger partial charge in [-0.05, 0) is 48.5 Å². The van der Waals surface area contributed by atoms with Crippen LogP contribution in [0.15, 0.2) is 30.3 Å². The van der Waals surface area contributed by atoms with Crippen LogP contribution in [0, 0.1) is 22.7 Å². The zero-order valence-electron chi connectivity index (χ0n) is 24.1. The maximum absolute atomic E-state index is 14.2. The van der Waals surface area contributed by atoms with Crippen molar-refractivity contribution in [2.24, 2.45) is 22.7 Å². The van der Waals surface area contributed by atoms with Crippen LogP contribution < -0.4 is 5.32 Å². The number of rotatable bonds is 8. The minimum atomic E-state index is -4.00. The summed E-state index contributed by atoms with van der Waals surface area (Å²) in [5.74, 6) is -1.44. The molecule has 2 saturated heterocycles. The lowest BCUT2D eigenvalue weighted by Gasteiger charge is -2.42. The Morgan fingerprint density at radius 2 is 1.79 bits per heavy atom. The van der Waals surface area contributed by atoms with E-state index in [1.165, 1.54) is 0 Å². The molecular weight excluding hydrogens is 568 g/mol. The van der Waals surface area contributed by atoms with Gasteiger partial charge in [-0.15, -0.1) is 0 Å². The summed E-state index contributed by atoms with van der Waals surface area (Å²) in [6, 6.07) is 7.04. The van der Waals surface area contributed by atoms with E-state index in [0.717, 1.165) is 16.3 Å². The third-order valence-corrected chi connectivity index (χ3v) is 12.5. The van der Waals surface area contributed by atoms with E-state index in [1.54, 1.807) is 31.2 Å². The summed E-state index contributed by atoms with van der Waals surface area (Å²) >= 11 is 0. The van der Waals surface area contributed by atoms with E-state index in [4.69, 9.17) is 9.47 Å². The van der Waals surface area contributed by atoms with Crippen LogP contribution in [0.1, 0.15) is 52.0 Å². The first-order chi connectivity index (χ1) is 19.7. The number of nitrogens with one attached hydrogen (secondary N) is 1. The lowest BCUT2D eigenvalue weighted by molar-refractivity contribution is -0.232. The Labute approximate surface area is 246 Å². The van der Waals surface area contributed by atoms with E-state index in [2.05, 4.69) is 19.2 Å². The Morgan fingerprint density at radius 1 is 1.12 bits per heavy atom. The van der Waals surface area contributed by atoms with Crippen molar-refractivity contribution in [2.75, 3.05) is 12.4 Å². The Balaban J connectivity index is 1.40. The predicted molar refractivity (Wildman–Crippen MR) is 149 cm³/mol. The number of carbonyl (C=O) groups excluding carboxylic acids is 2. The largest absolute Gasteiger partial charge is 0.445 e. The first-order valence-electron chi connectivity index (χ1n) is 14.6. The molecule has 1 aromatic carbocycles. The van der Waals surface area contributed by atoms with Crippen molar-refractivity contribution in [1.29, 1.82) is 0 Å². The summed E-state index contributed by atoms with van der Waals surface area (Å²) in [6.07, 6.45) is -5.82. The van der Waals surface area contributed by atoms with Gasteiger partial charge in [0.2, 0.25) is 10.0 Å². The molecule has 4 fully saturated rings. The van der Waals surface area contributed by atoms with Crippen molar-refractivity contribution in [2.45, 2.75) is 95.7 Å². The highest BCUT2D eigenvalue weighted by Gasteiger charge is 2.72. The summed E-state index contributed by atoms with van der Waals surface area (Å²) in [5.41, 5.74) is -0.109. The molecule has 0 radical (unpaired) electrons. The van der Waals surface area contributed by atoms with E-state index >= 15 is 0 Å². The normalized spacial score (nSPS) is 37.6. The molecule has 12 nitrogen and oxygen atoms in total. The van der Waals surface area contributed by atoms with Crippen LogP contribution in [0.4, 0.5) is 4.79 Å². The predicted octanol–water partition coefficient (Wildman–Crippen LogP) is 0.517. The van der Waals surface area contributed by atoms with Gasteiger partial charge in [-0.3, -0.25) is 4.79 Å². The Hall–Kier alpha value is -2.29. The topological polar surface area (TPSA) is 183 Å². The molecule has 0 unspecified atom stereocenters. The molecule has 2 aliphatic heterocycles. The second-order valence-electron chi connectivity index (χ2n) is 13.0. The van der Waals surface area contributed by atoms with Crippen LogP contribution in [-0.2, 0) is 30.9 Å². The quantitative estimate of drug-likeness (QED) is 0.278. The molecule has 2 bridgehead atoms. The Kier molecular flexibility index (Phi) is 8.40. The van der Waals surface area contributed by atoms with Crippen LogP contribution in [0.5, 0.6) is 0 Å². The number of carbonyl (C=O) groups is 2. The second kappa shape index (κ2) is 11.3. The minimum absolute atomic E-state index is 0.0711. The van der Waals surface area contributed by atoms with Crippen molar-refractivity contribution < 1.29 is 47.9 Å². The highest BCUT2D eigenvalue weighted by molar-refractivity contribution is 7.90. The maximum Gasteiger partial charge on any atom is 0.408 e. The van der Waals surface area contributed by atoms with Gasteiger partial charge in [0.15, 0.2) is 0 Å². The molecule has 1 spiro atoms. The van der Waals surface area contributed by atoms with Crippen LogP contribution in [0.3, 0.4) is 0 Å². The number of sulfonamides is 1. The Morgan fingerprint density at radius 3 is 2.43 bits per heavy atom. The van der Waals surface area contributed by atoms with Gasteiger partial charge < -0.3 is 35.2 Å². The number of benzene rings is 1. The summed E-state index contributed by atoms with van der Waals surface area (Å²) in [7, 11) is -4.00. The van der Waals surface area contributed by atoms with Crippen molar-refractivity contribution in [3.63, 3.8) is 0 Å². The molecule has 1 aromatic rings. The molecule has 13 heteroatoms. The average Bonchev–Trinajstić information content (AvgIpc) is 3.43. The van der Waals surface area contributed by atoms with Gasteiger partial charge in [-0.2, -0.15) is 0 Å². The number of hydrogen-bond acceptors (Lipinski definition) is 10. The SMILES string of the molecule is C[C@H](C[C@@H]1O[C@H](CO)[C@@H](O)[C@H](O)[C@H]1O)[C@H](NC(=O)OCc1ccccc1)C(=O)N1[C@@H]2C[C@H]3CC[C@]2(CS1(=O)=O)C3(C)C. The molecule has 2 amide bonds. The van der Waals surface area contributed by atoms with E-state index in [9.17, 15) is 38.4 Å². The maximum atomic E-state index is 14.2. The number of alkyl carbamates (subject to hydrolysis) is 1. The lowest BCUT2D eigenvalue weighted by atomic mass is 9.69. The molecule has 2 heterocycles. The highest BCUT2D eigenvalue weighted by atomic mass is 32.2. The van der Waals surface area contributed by atoms with E-state index in [-0.39, 0.29) is 30.1 Å². The van der Waals surface area contributed by atoms with Crippen molar-refractivity contribution in [1.82, 2.24) is 9.62 Å². The smallest absolute Gasteiger partial charge is 0.408 e. The van der Waals surface area contributed by atoms with Gasteiger partial charge in [-0.25, -0.2) is 17.5 Å². The van der Waals surface area contributed by atoms with Crippen LogP contribution >= 0.6 is 0 Å². The average molecular weight is 611 g/mol. The van der Waals surface area contributed by atoms with E-state index in [1.807, 2.05) is 6.07 Å². The first-order valence-corrected chi connectivity index (χ1v) is 16.2. The van der Waals surface area contributed by atoms with Crippen LogP contribution in [0.25, 0.3) is 0 Å². The van der Waals surface area contributed by atoms with Gasteiger partial charge in [-0.1, -0.05) is 51.1 Å². The zero-order chi connectivity index (χ0) is 30.6. The van der Waals surface area contributed by atoms with Gasteiger partial charge in [0, 0.05) is 5.41 Å². The molecule has 42 heavy (non-hydrogen) atoms. The molecule has 2 aliphatic carbocycles. The van der Waals surface area contributed by atoms with Crippen molar-refractivity contribution in [3.05, 3.63) is 35.9 Å². The van der Waals surface area contributed by atoms with Gasteiger partial charge >= 0.3 is 6.09 Å². The van der Waals surface area contributed by atoms with E-state index < -0.39 is 82.6 Å². The molecule has 4 aliphatic rings. The number of aliphatic hydroxyl groups is 4. The zero-order valence-corrected chi connectivity index (χ0v) is 24.9. The standard InChI is InChI=1S/C29H42N2O10S/c1-16(11-19-23(33)25(35)24(34)20(13-32)41-19)22(30-27(37)40-14-17-7-5-4-6-8-17)26(36)31-21-12-18-9-10-29(21,28(18,2)3)15-42(31,38)39/h4-8,16,18-25,32-35H,9-15H2,1-3H3,(H,30,37)/t16-,18-,19+,20-,21-,22+,23+,24-,25-,29-/m1/s1. The second-order valence-corrected chi connectivity index (χ2v) is 14.9. The number of aliphatic hydroxyl groups excluding tert-OH is 4. The molecule has 10 atom stereocenters. The molecule has 234 valence electrons. The Bertz CT molecular complexity index is 1270. The summed E-state index contributed by atoms with van der Waals surface area (Å²) < 4.78 is 39.2. The fourth-order valence-corrected chi connectivity index (χ4v) is 10.5. The fourth-order valence-electron chi connectivity index (χ4n) is 7.93. The van der Waals surface area contributed by atoms with Crippen molar-refractivity contribution in [3.8, 4) is 0 Å². The summed E-state index contributed by atoms with van der Waals surface area (Å²) in [6.45, 7) is 5.07. The highest BCUT2D eigenvalue weighted by Crippen LogP contribution is 2.70. The number of nitrogens with zero attached hydrogens (tertiary/aromatic N) is 1. The van der Waals surface area contributed by atoms with Gasteiger partial charge in [0.1, 0.15) is 37.1 Å². The fraction of sp³-hybridized carbons (Fsp3) is 0.724. The monoisotopic (exact) mass is 610 g/mol. The van der Waals surface area contributed by atoms with E-state index in [0.29, 0.717) is 12.8 Å². The third-order valence-electron chi connectivity index (χ3n) is 10.5. The molecule has 2 saturated carbocycles. The minimum Gasteiger partial charge on any atom is -0.445 e. The number of amides is 2. The third kappa shape index (κ3) is 5.11. The number of ether oxygens (including phenoxy) is 2. The summed E-state index contributed by atoms with van der Waals surface area (Å²) in [4.78, 5) is 27.2. The summed E-state index contributed by atoms with van der Waals surface area (Å²) in [5, 5.41) is 43.2. The van der Waals surface area contributed by atoms with Gasteiger partial charge in [0.25, 0.3) is 5.91 Å². The number of hydrogen-bond donors (Lipinski definition) is 5. The van der Waals surface area contributed by atoms with Crippen LogP contribution in [-0.4, -0.2) is 100 Å². The van der Waals surface area contributed by atoms with Crippen molar-refractivity contribution >= 4 is 22.0 Å². The molecule has 0 aromatic heterocycles. The van der Waals surface area contributed by atoms with Gasteiger partial charge in [0.05, 0.1) is 24.5 Å².